The van der Waals surface area contributed by atoms with Gasteiger partial charge < -0.3 is 14.5 Å². The van der Waals surface area contributed by atoms with Crippen molar-refractivity contribution in [2.24, 2.45) is 0 Å². The summed E-state index contributed by atoms with van der Waals surface area (Å²) >= 11 is 0. The number of carbonyl (C=O) groups excluding carboxylic acids is 1. The van der Waals surface area contributed by atoms with Crippen molar-refractivity contribution in [2.45, 2.75) is 43.9 Å². The third-order valence-electron chi connectivity index (χ3n) is 7.62. The van der Waals surface area contributed by atoms with Crippen molar-refractivity contribution in [3.8, 4) is 6.07 Å². The number of nitriles is 1. The first-order chi connectivity index (χ1) is 17.2. The fourth-order valence-corrected chi connectivity index (χ4v) is 5.69. The number of amides is 1. The standard InChI is InChI=1S/C26H29N7O2/c27-12-19-4-6-20(7-5-19)32-21-8-9-22(32)14-31(13-21)26(34)10-11-30(24-16-35-17-24)15-23-2-1-3-25-28-18-29-33(23)25/h1-7,18,21-22,24H,8-11,13-17H2. The summed E-state index contributed by atoms with van der Waals surface area (Å²) in [5.74, 6) is 0.227. The maximum Gasteiger partial charge on any atom is 0.224 e. The van der Waals surface area contributed by atoms with Crippen LogP contribution < -0.4 is 4.90 Å². The number of pyridine rings is 1. The van der Waals surface area contributed by atoms with Gasteiger partial charge in [0, 0.05) is 50.4 Å². The number of aromatic nitrogens is 3. The zero-order valence-corrected chi connectivity index (χ0v) is 19.7. The van der Waals surface area contributed by atoms with Crippen molar-refractivity contribution in [1.29, 1.82) is 5.26 Å². The van der Waals surface area contributed by atoms with Gasteiger partial charge in [0.1, 0.15) is 6.33 Å². The third kappa shape index (κ3) is 4.24. The minimum atomic E-state index is 0.227. The van der Waals surface area contributed by atoms with E-state index < -0.39 is 0 Å². The molecule has 0 radical (unpaired) electrons. The van der Waals surface area contributed by atoms with Gasteiger partial charge in [-0.05, 0) is 49.2 Å². The van der Waals surface area contributed by atoms with Crippen LogP contribution in [0.2, 0.25) is 0 Å². The van der Waals surface area contributed by atoms with Crippen LogP contribution in [0.3, 0.4) is 0 Å². The first-order valence-electron chi connectivity index (χ1n) is 12.4. The Labute approximate surface area is 204 Å². The second-order valence-electron chi connectivity index (χ2n) is 9.71. The monoisotopic (exact) mass is 471 g/mol. The highest BCUT2D eigenvalue weighted by atomic mass is 16.5. The molecule has 3 saturated heterocycles. The van der Waals surface area contributed by atoms with E-state index >= 15 is 0 Å². The van der Waals surface area contributed by atoms with Gasteiger partial charge in [-0.2, -0.15) is 10.4 Å². The highest BCUT2D eigenvalue weighted by Crippen LogP contribution is 2.35. The molecule has 2 atom stereocenters. The average molecular weight is 472 g/mol. The Kier molecular flexibility index (Phi) is 5.84. The van der Waals surface area contributed by atoms with E-state index in [4.69, 9.17) is 10.00 Å². The van der Waals surface area contributed by atoms with Crippen molar-refractivity contribution in [1.82, 2.24) is 24.4 Å². The molecule has 0 spiro atoms. The number of likely N-dealkylation sites (tertiary alicyclic amines) is 1. The molecule has 1 aromatic carbocycles. The Morgan fingerprint density at radius 2 is 1.89 bits per heavy atom. The van der Waals surface area contributed by atoms with Gasteiger partial charge in [0.15, 0.2) is 5.65 Å². The normalized spacial score (nSPS) is 21.9. The van der Waals surface area contributed by atoms with E-state index in [1.807, 2.05) is 40.9 Å². The Morgan fingerprint density at radius 1 is 1.11 bits per heavy atom. The van der Waals surface area contributed by atoms with Crippen LogP contribution in [-0.2, 0) is 16.1 Å². The molecule has 3 aliphatic rings. The molecule has 6 rings (SSSR count). The molecule has 2 bridgehead atoms. The van der Waals surface area contributed by atoms with Crippen LogP contribution in [0.5, 0.6) is 0 Å². The minimum Gasteiger partial charge on any atom is -0.378 e. The molecule has 2 aromatic heterocycles. The lowest BCUT2D eigenvalue weighted by Gasteiger charge is -2.43. The average Bonchev–Trinajstić information content (AvgIpc) is 3.43. The van der Waals surface area contributed by atoms with Crippen LogP contribution in [0.4, 0.5) is 5.69 Å². The van der Waals surface area contributed by atoms with Crippen molar-refractivity contribution >= 4 is 17.2 Å². The first kappa shape index (κ1) is 22.0. The summed E-state index contributed by atoms with van der Waals surface area (Å²) in [5.41, 5.74) is 3.73. The number of nitrogens with zero attached hydrogens (tertiary/aromatic N) is 7. The van der Waals surface area contributed by atoms with Gasteiger partial charge in [-0.1, -0.05) is 6.07 Å². The van der Waals surface area contributed by atoms with Crippen molar-refractivity contribution in [2.75, 3.05) is 37.7 Å². The van der Waals surface area contributed by atoms with Crippen molar-refractivity contribution in [3.05, 3.63) is 60.0 Å². The van der Waals surface area contributed by atoms with Crippen LogP contribution in [0.1, 0.15) is 30.5 Å². The number of benzene rings is 1. The predicted molar refractivity (Wildman–Crippen MR) is 130 cm³/mol. The van der Waals surface area contributed by atoms with Crippen molar-refractivity contribution < 1.29 is 9.53 Å². The third-order valence-corrected chi connectivity index (χ3v) is 7.62. The van der Waals surface area contributed by atoms with Gasteiger partial charge in [-0.3, -0.25) is 9.69 Å². The molecule has 2 unspecified atom stereocenters. The number of carbonyl (C=O) groups is 1. The summed E-state index contributed by atoms with van der Waals surface area (Å²) in [5, 5.41) is 13.4. The number of fused-ring (bicyclic) bond motifs is 3. The highest BCUT2D eigenvalue weighted by molar-refractivity contribution is 5.77. The van der Waals surface area contributed by atoms with Crippen LogP contribution in [0, 0.1) is 11.3 Å². The molecule has 3 aliphatic heterocycles. The Hall–Kier alpha value is -3.48. The first-order valence-corrected chi connectivity index (χ1v) is 12.4. The number of hydrogen-bond acceptors (Lipinski definition) is 7. The lowest BCUT2D eigenvalue weighted by molar-refractivity contribution is -0.133. The number of rotatable bonds is 7. The second-order valence-corrected chi connectivity index (χ2v) is 9.71. The molecule has 9 nitrogen and oxygen atoms in total. The number of ether oxygens (including phenoxy) is 1. The van der Waals surface area contributed by atoms with E-state index in [-0.39, 0.29) is 5.91 Å². The molecule has 0 saturated carbocycles. The van der Waals surface area contributed by atoms with E-state index in [0.29, 0.717) is 56.4 Å². The zero-order chi connectivity index (χ0) is 23.8. The maximum absolute atomic E-state index is 13.3. The highest BCUT2D eigenvalue weighted by Gasteiger charge is 2.41. The van der Waals surface area contributed by atoms with E-state index in [1.165, 1.54) is 0 Å². The Bertz CT molecular complexity index is 1230. The summed E-state index contributed by atoms with van der Waals surface area (Å²) in [7, 11) is 0. The molecular formula is C26H29N7O2. The largest absolute Gasteiger partial charge is 0.378 e. The van der Waals surface area contributed by atoms with Gasteiger partial charge in [0.25, 0.3) is 0 Å². The number of hydrogen-bond donors (Lipinski definition) is 0. The molecule has 0 N–H and O–H groups in total. The van der Waals surface area contributed by atoms with Gasteiger partial charge in [0.2, 0.25) is 5.91 Å². The molecule has 180 valence electrons. The van der Waals surface area contributed by atoms with Crippen LogP contribution >= 0.6 is 0 Å². The number of anilines is 1. The van der Waals surface area contributed by atoms with Gasteiger partial charge >= 0.3 is 0 Å². The van der Waals surface area contributed by atoms with E-state index in [0.717, 1.165) is 43.0 Å². The fraction of sp³-hybridized carbons (Fsp3) is 0.462. The van der Waals surface area contributed by atoms with Gasteiger partial charge in [-0.25, -0.2) is 9.50 Å². The van der Waals surface area contributed by atoms with Crippen LogP contribution in [0.15, 0.2) is 48.8 Å². The molecule has 1 amide bonds. The Balaban J connectivity index is 1.09. The molecular weight excluding hydrogens is 442 g/mol. The van der Waals surface area contributed by atoms with Gasteiger partial charge in [0.05, 0.1) is 36.6 Å². The smallest absolute Gasteiger partial charge is 0.224 e. The molecule has 0 aliphatic carbocycles. The minimum absolute atomic E-state index is 0.227. The number of piperazine rings is 1. The van der Waals surface area contributed by atoms with E-state index in [1.54, 1.807) is 6.33 Å². The van der Waals surface area contributed by atoms with Gasteiger partial charge in [-0.15, -0.1) is 0 Å². The summed E-state index contributed by atoms with van der Waals surface area (Å²) in [4.78, 5) is 24.4. The topological polar surface area (TPSA) is 90.0 Å². The summed E-state index contributed by atoms with van der Waals surface area (Å²) in [6, 6.07) is 17.0. The van der Waals surface area contributed by atoms with E-state index in [9.17, 15) is 4.79 Å². The quantitative estimate of drug-likeness (QED) is 0.521. The fourth-order valence-electron chi connectivity index (χ4n) is 5.69. The second kappa shape index (κ2) is 9.29. The summed E-state index contributed by atoms with van der Waals surface area (Å²) < 4.78 is 7.33. The lowest BCUT2D eigenvalue weighted by atomic mass is 10.1. The molecule has 35 heavy (non-hydrogen) atoms. The SMILES string of the molecule is N#Cc1ccc(N2C3CCC2CN(C(=O)CCN(Cc2cccc4ncnn24)C2COC2)C3)cc1. The predicted octanol–water partition coefficient (Wildman–Crippen LogP) is 2.07. The van der Waals surface area contributed by atoms with Crippen molar-refractivity contribution in [3.63, 3.8) is 0 Å². The molecule has 9 heteroatoms. The maximum atomic E-state index is 13.3. The lowest BCUT2D eigenvalue weighted by Crippen LogP contribution is -2.56. The summed E-state index contributed by atoms with van der Waals surface area (Å²) in [6.45, 7) is 4.34. The zero-order valence-electron chi connectivity index (χ0n) is 19.7. The van der Waals surface area contributed by atoms with E-state index in [2.05, 4.69) is 36.9 Å². The molecule has 5 heterocycles. The van der Waals surface area contributed by atoms with Crippen LogP contribution in [-0.4, -0.2) is 81.3 Å². The molecule has 3 fully saturated rings. The Morgan fingerprint density at radius 3 is 2.57 bits per heavy atom. The molecule has 3 aromatic rings. The van der Waals surface area contributed by atoms with Crippen LogP contribution in [0.25, 0.3) is 5.65 Å². The summed E-state index contributed by atoms with van der Waals surface area (Å²) in [6.07, 6.45) is 4.27.